The van der Waals surface area contributed by atoms with Crippen LogP contribution >= 0.6 is 23.2 Å². The van der Waals surface area contributed by atoms with Crippen LogP contribution in [0, 0.1) is 0 Å². The number of hydrogen-bond donors (Lipinski definition) is 3. The third-order valence-electron chi connectivity index (χ3n) is 9.20. The quantitative estimate of drug-likeness (QED) is 0.118. The Morgan fingerprint density at radius 2 is 1.66 bits per heavy atom. The van der Waals surface area contributed by atoms with E-state index in [1.807, 2.05) is 60.7 Å². The van der Waals surface area contributed by atoms with E-state index in [0.29, 0.717) is 74.5 Å². The number of pyridine rings is 2. The zero-order valence-electron chi connectivity index (χ0n) is 32.3. The highest BCUT2D eigenvalue weighted by molar-refractivity contribution is 6.39. The minimum Gasteiger partial charge on any atom is -0.481 e. The summed E-state index contributed by atoms with van der Waals surface area (Å²) in [4.78, 5) is 49.3. The molecule has 12 nitrogen and oxygen atoms in total. The molecule has 0 radical (unpaired) electrons. The van der Waals surface area contributed by atoms with Crippen molar-refractivity contribution in [3.8, 4) is 39.4 Å². The van der Waals surface area contributed by atoms with Gasteiger partial charge in [-0.05, 0) is 70.9 Å². The maximum absolute atomic E-state index is 13.3. The number of rotatable bonds is 12. The number of aromatic nitrogens is 3. The van der Waals surface area contributed by atoms with Crippen LogP contribution in [0.5, 0.6) is 5.88 Å². The smallest absolute Gasteiger partial charge is 0.410 e. The Labute approximate surface area is 335 Å². The van der Waals surface area contributed by atoms with Crippen LogP contribution in [0.2, 0.25) is 10.0 Å². The van der Waals surface area contributed by atoms with Crippen LogP contribution in [0.3, 0.4) is 0 Å². The van der Waals surface area contributed by atoms with E-state index >= 15 is 0 Å². The van der Waals surface area contributed by atoms with Crippen molar-refractivity contribution in [1.82, 2.24) is 29.9 Å². The molecule has 0 spiro atoms. The van der Waals surface area contributed by atoms with Crippen molar-refractivity contribution < 1.29 is 24.2 Å². The molecular weight excluding hydrogens is 755 g/mol. The van der Waals surface area contributed by atoms with Gasteiger partial charge in [-0.25, -0.2) is 14.8 Å². The van der Waals surface area contributed by atoms with Gasteiger partial charge in [0.25, 0.3) is 5.56 Å². The lowest BCUT2D eigenvalue weighted by molar-refractivity contribution is -0.119. The zero-order chi connectivity index (χ0) is 40.4. The van der Waals surface area contributed by atoms with Gasteiger partial charge in [0.05, 0.1) is 35.0 Å². The van der Waals surface area contributed by atoms with Gasteiger partial charge < -0.3 is 30.1 Å². The lowest BCUT2D eigenvalue weighted by Crippen LogP contribution is -2.43. The molecule has 6 rings (SSSR count). The first-order chi connectivity index (χ1) is 26.5. The largest absolute Gasteiger partial charge is 0.481 e. The molecule has 2 aromatic carbocycles. The minimum absolute atomic E-state index is 0.0399. The summed E-state index contributed by atoms with van der Waals surface area (Å²) in [5.41, 5.74) is 3.86. The molecule has 0 saturated carbocycles. The molecule has 1 aliphatic heterocycles. The van der Waals surface area contributed by atoms with E-state index in [1.54, 1.807) is 51.9 Å². The summed E-state index contributed by atoms with van der Waals surface area (Å²) >= 11 is 14.3. The highest BCUT2D eigenvalue weighted by Gasteiger charge is 2.29. The number of aliphatic hydroxyl groups is 1. The van der Waals surface area contributed by atoms with Gasteiger partial charge in [-0.2, -0.15) is 0 Å². The summed E-state index contributed by atoms with van der Waals surface area (Å²) in [6.07, 6.45) is 3.76. The second-order valence-electron chi connectivity index (χ2n) is 15.5. The van der Waals surface area contributed by atoms with Crippen LogP contribution in [-0.2, 0) is 22.6 Å². The van der Waals surface area contributed by atoms with Gasteiger partial charge in [-0.15, -0.1) is 0 Å². The summed E-state index contributed by atoms with van der Waals surface area (Å²) in [5, 5.41) is 16.9. The number of halogens is 2. The van der Waals surface area contributed by atoms with Crippen molar-refractivity contribution in [3.05, 3.63) is 105 Å². The molecule has 1 atom stereocenters. The van der Waals surface area contributed by atoms with Gasteiger partial charge in [0.15, 0.2) is 0 Å². The predicted molar refractivity (Wildman–Crippen MR) is 218 cm³/mol. The highest BCUT2D eigenvalue weighted by Crippen LogP contribution is 2.42. The van der Waals surface area contributed by atoms with Gasteiger partial charge >= 0.3 is 6.09 Å². The Morgan fingerprint density at radius 3 is 2.30 bits per heavy atom. The van der Waals surface area contributed by atoms with Crippen LogP contribution in [0.4, 0.5) is 4.79 Å². The molecule has 294 valence electrons. The molecule has 3 N–H and O–H groups in total. The highest BCUT2D eigenvalue weighted by atomic mass is 35.5. The Kier molecular flexibility index (Phi) is 12.1. The first-order valence-corrected chi connectivity index (χ1v) is 19.1. The second-order valence-corrected chi connectivity index (χ2v) is 16.3. The van der Waals surface area contributed by atoms with Crippen molar-refractivity contribution in [2.45, 2.75) is 77.8 Å². The summed E-state index contributed by atoms with van der Waals surface area (Å²) in [5.74, 6) is 0.274. The van der Waals surface area contributed by atoms with Crippen molar-refractivity contribution in [2.75, 3.05) is 20.2 Å². The predicted octanol–water partition coefficient (Wildman–Crippen LogP) is 7.28. The number of ether oxygens (including phenoxy) is 2. The van der Waals surface area contributed by atoms with Gasteiger partial charge in [-0.1, -0.05) is 59.6 Å². The van der Waals surface area contributed by atoms with Crippen LogP contribution in [0.25, 0.3) is 39.2 Å². The van der Waals surface area contributed by atoms with E-state index in [-0.39, 0.29) is 37.1 Å². The molecule has 0 unspecified atom stereocenters. The Hall–Kier alpha value is -5.01. The van der Waals surface area contributed by atoms with Crippen molar-refractivity contribution in [3.63, 3.8) is 0 Å². The van der Waals surface area contributed by atoms with Crippen molar-refractivity contribution in [2.24, 2.45) is 0 Å². The molecule has 1 saturated heterocycles. The van der Waals surface area contributed by atoms with E-state index in [9.17, 15) is 19.5 Å². The molecule has 14 heteroatoms. The van der Waals surface area contributed by atoms with Crippen LogP contribution in [-0.4, -0.2) is 73.8 Å². The third-order valence-corrected chi connectivity index (χ3v) is 10.0. The molecule has 4 heterocycles. The Balaban J connectivity index is 1.27. The monoisotopic (exact) mass is 800 g/mol. The molecule has 0 bridgehead atoms. The van der Waals surface area contributed by atoms with Crippen LogP contribution in [0.1, 0.15) is 58.6 Å². The molecule has 0 aliphatic carbocycles. The average Bonchev–Trinajstić information content (AvgIpc) is 3.55. The average molecular weight is 802 g/mol. The van der Waals surface area contributed by atoms with E-state index in [2.05, 4.69) is 15.6 Å². The number of nitrogens with one attached hydrogen (secondary N) is 2. The molecule has 3 aromatic heterocycles. The maximum Gasteiger partial charge on any atom is 0.410 e. The van der Waals surface area contributed by atoms with E-state index < -0.39 is 17.3 Å². The fourth-order valence-electron chi connectivity index (χ4n) is 6.54. The summed E-state index contributed by atoms with van der Waals surface area (Å²) < 4.78 is 12.9. The van der Waals surface area contributed by atoms with Gasteiger partial charge in [0.2, 0.25) is 11.8 Å². The van der Waals surface area contributed by atoms with E-state index in [0.717, 1.165) is 11.1 Å². The molecule has 56 heavy (non-hydrogen) atoms. The molecule has 2 amide bonds. The lowest BCUT2D eigenvalue weighted by atomic mass is 9.97. The fourth-order valence-corrected chi connectivity index (χ4v) is 7.20. The van der Waals surface area contributed by atoms with Gasteiger partial charge in [-0.3, -0.25) is 14.0 Å². The summed E-state index contributed by atoms with van der Waals surface area (Å²) in [6, 6.07) is 18.4. The molecule has 5 aromatic rings. The fraction of sp³-hybridized carbons (Fsp3) is 0.357. The minimum atomic E-state index is -0.905. The number of fused-ring (bicyclic) bond motifs is 1. The number of methoxy groups -OCH3 is 1. The normalized spacial score (nSPS) is 14.5. The number of hydrogen-bond acceptors (Lipinski definition) is 9. The topological polar surface area (TPSA) is 147 Å². The zero-order valence-corrected chi connectivity index (χ0v) is 33.8. The Bertz CT molecular complexity index is 2330. The lowest BCUT2D eigenvalue weighted by Gasteiger charge is -2.29. The van der Waals surface area contributed by atoms with E-state index in [1.165, 1.54) is 11.5 Å². The SMILES string of the molecule is COc1nc(-c2cccc(-c3cccc(-c4ccn5c(=O)c(CNCC(C)(C)O)cnc5c4)c3Cl)c2Cl)ccc1CN(C[C@@H]1CCC(=O)N1)C(=O)OC(C)(C)C. The van der Waals surface area contributed by atoms with Crippen molar-refractivity contribution >= 4 is 40.8 Å². The Morgan fingerprint density at radius 1 is 0.982 bits per heavy atom. The van der Waals surface area contributed by atoms with Gasteiger partial charge in [0, 0.05) is 77.9 Å². The molecular formula is C42H46Cl2N6O6. The number of amides is 2. The second kappa shape index (κ2) is 16.6. The maximum atomic E-state index is 13.3. The standard InChI is InChI=1S/C42H46Cl2N6O6/c1-41(2,3)56-40(53)49(23-28-14-16-35(51)47-28)22-26-13-15-33(48-38(26)55-6)32-12-8-11-31(37(32)44)30-10-7-9-29(36(30)43)25-17-18-50-34(19-25)46-21-27(39(50)52)20-45-24-42(4,5)54/h7-13,15,17-19,21,28,45,54H,14,16,20,22-24H2,1-6H3,(H,47,51)/t28-/m0/s1. The van der Waals surface area contributed by atoms with Crippen LogP contribution < -0.4 is 20.9 Å². The summed E-state index contributed by atoms with van der Waals surface area (Å²) in [6.45, 7) is 9.83. The van der Waals surface area contributed by atoms with Gasteiger partial charge in [0.1, 0.15) is 11.2 Å². The first-order valence-electron chi connectivity index (χ1n) is 18.3. The number of carbonyl (C=O) groups is 2. The molecule has 1 aliphatic rings. The summed E-state index contributed by atoms with van der Waals surface area (Å²) in [7, 11) is 1.52. The number of carbonyl (C=O) groups excluding carboxylic acids is 2. The molecule has 1 fully saturated rings. The first kappa shape index (κ1) is 40.6. The van der Waals surface area contributed by atoms with E-state index in [4.69, 9.17) is 37.7 Å². The van der Waals surface area contributed by atoms with Crippen LogP contribution in [0.15, 0.2) is 77.9 Å². The third kappa shape index (κ3) is 9.50. The number of benzene rings is 2. The number of nitrogens with zero attached hydrogens (tertiary/aromatic N) is 4. The van der Waals surface area contributed by atoms with Crippen molar-refractivity contribution in [1.29, 1.82) is 0 Å².